The van der Waals surface area contributed by atoms with Crippen LogP contribution in [0.5, 0.6) is 0 Å². The molecule has 0 bridgehead atoms. The minimum atomic E-state index is 0.782. The van der Waals surface area contributed by atoms with E-state index < -0.39 is 0 Å². The lowest BCUT2D eigenvalue weighted by molar-refractivity contribution is 1.20. The van der Waals surface area contributed by atoms with Crippen molar-refractivity contribution in [2.75, 3.05) is 5.32 Å². The Morgan fingerprint density at radius 1 is 0.950 bits per heavy atom. The molecule has 3 heteroatoms. The zero-order chi connectivity index (χ0) is 14.1. The molecule has 1 aromatic heterocycles. The molecule has 0 aliphatic carbocycles. The van der Waals surface area contributed by atoms with E-state index in [1.54, 1.807) is 0 Å². The summed E-state index contributed by atoms with van der Waals surface area (Å²) in [5.74, 6) is 0. The van der Waals surface area contributed by atoms with Gasteiger partial charge in [-0.05, 0) is 37.6 Å². The number of pyridine rings is 1. The van der Waals surface area contributed by atoms with Crippen LogP contribution in [-0.2, 0) is 0 Å². The van der Waals surface area contributed by atoms with Crippen LogP contribution < -0.4 is 5.32 Å². The summed E-state index contributed by atoms with van der Waals surface area (Å²) in [6.07, 6.45) is 0. The van der Waals surface area contributed by atoms with Gasteiger partial charge in [0.25, 0.3) is 0 Å². The number of hydrogen-bond acceptors (Lipinski definition) is 2. The second-order valence-electron chi connectivity index (χ2n) is 4.83. The summed E-state index contributed by atoms with van der Waals surface area (Å²) in [4.78, 5) is 4.69. The fraction of sp³-hybridized carbons (Fsp3) is 0.118. The molecule has 3 aromatic rings. The van der Waals surface area contributed by atoms with Crippen LogP contribution in [0.25, 0.3) is 10.9 Å². The van der Waals surface area contributed by atoms with E-state index in [-0.39, 0.29) is 0 Å². The average molecular weight is 283 g/mol. The van der Waals surface area contributed by atoms with Crippen LogP contribution in [0.2, 0.25) is 5.02 Å². The molecule has 0 unspecified atom stereocenters. The van der Waals surface area contributed by atoms with Gasteiger partial charge in [0.1, 0.15) is 0 Å². The Bertz CT molecular complexity index is 767. The molecule has 1 N–H and O–H groups in total. The summed E-state index contributed by atoms with van der Waals surface area (Å²) >= 11 is 6.44. The molecular weight excluding hydrogens is 268 g/mol. The molecule has 0 atom stereocenters. The van der Waals surface area contributed by atoms with Crippen LogP contribution in [0, 0.1) is 13.8 Å². The molecule has 0 saturated heterocycles. The summed E-state index contributed by atoms with van der Waals surface area (Å²) in [6.45, 7) is 3.99. The SMILES string of the molecule is Cc1nc2c(Nc3ccccc3)cccc2c(Cl)c1C. The maximum atomic E-state index is 6.44. The monoisotopic (exact) mass is 282 g/mol. The Morgan fingerprint density at radius 2 is 1.70 bits per heavy atom. The molecule has 0 amide bonds. The summed E-state index contributed by atoms with van der Waals surface area (Å²) < 4.78 is 0. The topological polar surface area (TPSA) is 24.9 Å². The van der Waals surface area contributed by atoms with Crippen molar-refractivity contribution >= 4 is 33.9 Å². The van der Waals surface area contributed by atoms with Gasteiger partial charge >= 0.3 is 0 Å². The van der Waals surface area contributed by atoms with Crippen LogP contribution >= 0.6 is 11.6 Å². The van der Waals surface area contributed by atoms with E-state index in [9.17, 15) is 0 Å². The lowest BCUT2D eigenvalue weighted by Crippen LogP contribution is -1.96. The molecule has 20 heavy (non-hydrogen) atoms. The number of rotatable bonds is 2. The molecule has 2 aromatic carbocycles. The maximum Gasteiger partial charge on any atom is 0.0955 e. The fourth-order valence-electron chi connectivity index (χ4n) is 2.23. The fourth-order valence-corrected chi connectivity index (χ4v) is 2.52. The van der Waals surface area contributed by atoms with Crippen molar-refractivity contribution in [3.63, 3.8) is 0 Å². The van der Waals surface area contributed by atoms with Crippen molar-refractivity contribution in [2.24, 2.45) is 0 Å². The number of aryl methyl sites for hydroxylation is 1. The largest absolute Gasteiger partial charge is 0.354 e. The Labute approximate surface area is 123 Å². The van der Waals surface area contributed by atoms with Gasteiger partial charge in [0.15, 0.2) is 0 Å². The van der Waals surface area contributed by atoms with Crippen molar-refractivity contribution in [3.05, 3.63) is 64.8 Å². The first-order chi connectivity index (χ1) is 9.66. The van der Waals surface area contributed by atoms with E-state index in [0.29, 0.717) is 0 Å². The predicted octanol–water partition coefficient (Wildman–Crippen LogP) is 5.25. The average Bonchev–Trinajstić information content (AvgIpc) is 2.47. The van der Waals surface area contributed by atoms with E-state index in [0.717, 1.165) is 38.6 Å². The van der Waals surface area contributed by atoms with Crippen molar-refractivity contribution in [1.29, 1.82) is 0 Å². The molecule has 100 valence electrons. The molecule has 0 fully saturated rings. The predicted molar refractivity (Wildman–Crippen MR) is 86.0 cm³/mol. The van der Waals surface area contributed by atoms with Gasteiger partial charge in [-0.25, -0.2) is 0 Å². The van der Waals surface area contributed by atoms with Crippen LogP contribution in [0.3, 0.4) is 0 Å². The van der Waals surface area contributed by atoms with Crippen molar-refractivity contribution in [1.82, 2.24) is 4.98 Å². The molecule has 3 rings (SSSR count). The molecule has 0 saturated carbocycles. The summed E-state index contributed by atoms with van der Waals surface area (Å²) in [5, 5.41) is 5.16. The Hall–Kier alpha value is -2.06. The number of nitrogens with one attached hydrogen (secondary N) is 1. The molecule has 0 radical (unpaired) electrons. The van der Waals surface area contributed by atoms with Gasteiger partial charge in [0, 0.05) is 16.8 Å². The second-order valence-corrected chi connectivity index (χ2v) is 5.21. The minimum Gasteiger partial charge on any atom is -0.354 e. The third kappa shape index (κ3) is 2.23. The maximum absolute atomic E-state index is 6.44. The number of hydrogen-bond donors (Lipinski definition) is 1. The molecule has 0 aliphatic rings. The number of fused-ring (bicyclic) bond motifs is 1. The van der Waals surface area contributed by atoms with E-state index in [1.807, 2.05) is 62.4 Å². The number of para-hydroxylation sites is 2. The van der Waals surface area contributed by atoms with Gasteiger partial charge in [0.05, 0.1) is 16.2 Å². The molecule has 2 nitrogen and oxygen atoms in total. The number of benzene rings is 2. The first-order valence-electron chi connectivity index (χ1n) is 6.54. The van der Waals surface area contributed by atoms with E-state index >= 15 is 0 Å². The highest BCUT2D eigenvalue weighted by Gasteiger charge is 2.10. The van der Waals surface area contributed by atoms with Gasteiger partial charge < -0.3 is 5.32 Å². The molecule has 0 spiro atoms. The third-order valence-electron chi connectivity index (χ3n) is 3.48. The summed E-state index contributed by atoms with van der Waals surface area (Å²) in [6, 6.07) is 16.1. The van der Waals surface area contributed by atoms with Crippen molar-refractivity contribution in [2.45, 2.75) is 13.8 Å². The third-order valence-corrected chi connectivity index (χ3v) is 3.96. The first kappa shape index (κ1) is 12.9. The summed E-state index contributed by atoms with van der Waals surface area (Å²) in [5.41, 5.74) is 4.92. The zero-order valence-corrected chi connectivity index (χ0v) is 12.2. The van der Waals surface area contributed by atoms with Crippen molar-refractivity contribution in [3.8, 4) is 0 Å². The van der Waals surface area contributed by atoms with Crippen LogP contribution in [0.15, 0.2) is 48.5 Å². The lowest BCUT2D eigenvalue weighted by Gasteiger charge is -2.12. The number of nitrogens with zero attached hydrogens (tertiary/aromatic N) is 1. The second kappa shape index (κ2) is 5.14. The number of halogens is 1. The van der Waals surface area contributed by atoms with Crippen LogP contribution in [0.1, 0.15) is 11.3 Å². The Kier molecular flexibility index (Phi) is 3.33. The molecule has 1 heterocycles. The number of anilines is 2. The van der Waals surface area contributed by atoms with E-state index in [1.165, 1.54) is 0 Å². The Morgan fingerprint density at radius 3 is 2.45 bits per heavy atom. The smallest absolute Gasteiger partial charge is 0.0955 e. The van der Waals surface area contributed by atoms with Crippen LogP contribution in [-0.4, -0.2) is 4.98 Å². The highest BCUT2D eigenvalue weighted by Crippen LogP contribution is 2.32. The quantitative estimate of drug-likeness (QED) is 0.694. The lowest BCUT2D eigenvalue weighted by atomic mass is 10.1. The highest BCUT2D eigenvalue weighted by molar-refractivity contribution is 6.36. The first-order valence-corrected chi connectivity index (χ1v) is 6.92. The highest BCUT2D eigenvalue weighted by atomic mass is 35.5. The van der Waals surface area contributed by atoms with Gasteiger partial charge in [-0.3, -0.25) is 4.98 Å². The molecule has 0 aliphatic heterocycles. The van der Waals surface area contributed by atoms with Gasteiger partial charge in [0.2, 0.25) is 0 Å². The van der Waals surface area contributed by atoms with E-state index in [4.69, 9.17) is 11.6 Å². The van der Waals surface area contributed by atoms with Crippen molar-refractivity contribution < 1.29 is 0 Å². The number of aromatic nitrogens is 1. The standard InChI is InChI=1S/C17H15ClN2/c1-11-12(2)19-17-14(16(11)18)9-6-10-15(17)20-13-7-4-3-5-8-13/h3-10,20H,1-2H3. The normalized spacial score (nSPS) is 10.8. The van der Waals surface area contributed by atoms with Crippen LogP contribution in [0.4, 0.5) is 11.4 Å². The zero-order valence-electron chi connectivity index (χ0n) is 11.4. The van der Waals surface area contributed by atoms with Gasteiger partial charge in [-0.15, -0.1) is 0 Å². The van der Waals surface area contributed by atoms with Gasteiger partial charge in [-0.1, -0.05) is 41.9 Å². The molecular formula is C17H15ClN2. The Balaban J connectivity index is 2.17. The minimum absolute atomic E-state index is 0.782. The van der Waals surface area contributed by atoms with Gasteiger partial charge in [-0.2, -0.15) is 0 Å². The summed E-state index contributed by atoms with van der Waals surface area (Å²) in [7, 11) is 0. The van der Waals surface area contributed by atoms with E-state index in [2.05, 4.69) is 10.3 Å².